The van der Waals surface area contributed by atoms with E-state index in [0.29, 0.717) is 13.1 Å². The Kier molecular flexibility index (Phi) is 3.39. The van der Waals surface area contributed by atoms with Gasteiger partial charge in [0, 0.05) is 13.1 Å². The molecular formula is C7H11F3N2O. The summed E-state index contributed by atoms with van der Waals surface area (Å²) in [6.45, 7) is 1.03. The van der Waals surface area contributed by atoms with Gasteiger partial charge < -0.3 is 10.2 Å². The molecule has 76 valence electrons. The largest absolute Gasteiger partial charge is 0.325 e. The van der Waals surface area contributed by atoms with Crippen LogP contribution in [-0.2, 0) is 0 Å². The van der Waals surface area contributed by atoms with Crippen LogP contribution in [0, 0.1) is 0 Å². The molecule has 3 nitrogen and oxygen atoms in total. The van der Waals surface area contributed by atoms with Gasteiger partial charge in [-0.25, -0.2) is 18.0 Å². The highest BCUT2D eigenvalue weighted by Crippen LogP contribution is 2.09. The normalized spacial score (nSPS) is 19.2. The van der Waals surface area contributed by atoms with Crippen LogP contribution < -0.4 is 5.32 Å². The average molecular weight is 196 g/mol. The molecule has 0 aromatic rings. The zero-order valence-electron chi connectivity index (χ0n) is 6.97. The van der Waals surface area contributed by atoms with E-state index in [0.717, 1.165) is 12.8 Å². The highest BCUT2D eigenvalue weighted by atomic mass is 19.3. The summed E-state index contributed by atoms with van der Waals surface area (Å²) in [5, 5.41) is 1.59. The Hall–Kier alpha value is -0.940. The van der Waals surface area contributed by atoms with E-state index in [4.69, 9.17) is 0 Å². The zero-order chi connectivity index (χ0) is 9.84. The lowest BCUT2D eigenvalue weighted by atomic mass is 10.4. The number of hydrogen-bond acceptors (Lipinski definition) is 1. The van der Waals surface area contributed by atoms with Crippen molar-refractivity contribution in [3.8, 4) is 0 Å². The van der Waals surface area contributed by atoms with Crippen molar-refractivity contribution in [1.29, 1.82) is 0 Å². The minimum Gasteiger partial charge on any atom is -0.325 e. The molecule has 1 aliphatic heterocycles. The average Bonchev–Trinajstić information content (AvgIpc) is 2.55. The van der Waals surface area contributed by atoms with E-state index in [-0.39, 0.29) is 0 Å². The van der Waals surface area contributed by atoms with E-state index in [9.17, 15) is 18.0 Å². The smallest absolute Gasteiger partial charge is 0.319 e. The highest BCUT2D eigenvalue weighted by Gasteiger charge is 2.25. The van der Waals surface area contributed by atoms with Gasteiger partial charge >= 0.3 is 6.03 Å². The fourth-order valence-corrected chi connectivity index (χ4v) is 1.19. The Morgan fingerprint density at radius 2 is 1.77 bits per heavy atom. The van der Waals surface area contributed by atoms with Crippen molar-refractivity contribution in [2.75, 3.05) is 13.1 Å². The molecule has 0 aromatic heterocycles. The van der Waals surface area contributed by atoms with E-state index < -0.39 is 18.8 Å². The third-order valence-corrected chi connectivity index (χ3v) is 1.88. The highest BCUT2D eigenvalue weighted by molar-refractivity contribution is 5.74. The van der Waals surface area contributed by atoms with Crippen molar-refractivity contribution in [2.45, 2.75) is 25.6 Å². The maximum atomic E-state index is 12.3. The Bertz CT molecular complexity index is 183. The van der Waals surface area contributed by atoms with Crippen LogP contribution in [-0.4, -0.2) is 36.7 Å². The molecule has 1 heterocycles. The molecule has 0 aliphatic carbocycles. The first-order chi connectivity index (χ1) is 6.11. The molecule has 2 amide bonds. The quantitative estimate of drug-likeness (QED) is 0.664. The molecule has 1 saturated heterocycles. The molecule has 1 fully saturated rings. The summed E-state index contributed by atoms with van der Waals surface area (Å²) >= 11 is 0. The van der Waals surface area contributed by atoms with E-state index in [1.54, 1.807) is 5.32 Å². The maximum Gasteiger partial charge on any atom is 0.319 e. The molecule has 13 heavy (non-hydrogen) atoms. The van der Waals surface area contributed by atoms with E-state index in [1.807, 2.05) is 0 Å². The first-order valence-electron chi connectivity index (χ1n) is 4.09. The Morgan fingerprint density at radius 1 is 1.23 bits per heavy atom. The predicted molar refractivity (Wildman–Crippen MR) is 40.2 cm³/mol. The summed E-state index contributed by atoms with van der Waals surface area (Å²) < 4.78 is 35.7. The fourth-order valence-electron chi connectivity index (χ4n) is 1.19. The number of amides is 2. The van der Waals surface area contributed by atoms with Crippen molar-refractivity contribution < 1.29 is 18.0 Å². The van der Waals surface area contributed by atoms with Gasteiger partial charge in [0.1, 0.15) is 0 Å². The number of halogens is 3. The number of rotatable bonds is 2. The summed E-state index contributed by atoms with van der Waals surface area (Å²) in [7, 11) is 0. The van der Waals surface area contributed by atoms with Gasteiger partial charge in [-0.2, -0.15) is 0 Å². The van der Waals surface area contributed by atoms with Crippen molar-refractivity contribution in [1.82, 2.24) is 10.2 Å². The van der Waals surface area contributed by atoms with E-state index in [2.05, 4.69) is 0 Å². The van der Waals surface area contributed by atoms with Crippen LogP contribution in [0.4, 0.5) is 18.0 Å². The number of nitrogens with zero attached hydrogens (tertiary/aromatic N) is 1. The standard InChI is InChI=1S/C7H11F3N2O/c8-5(9)6(10)11-7(13)12-3-1-2-4-12/h5-6H,1-4H2,(H,11,13). The lowest BCUT2D eigenvalue weighted by Gasteiger charge is -2.17. The Labute approximate surface area is 73.9 Å². The van der Waals surface area contributed by atoms with Gasteiger partial charge in [-0.15, -0.1) is 0 Å². The van der Waals surface area contributed by atoms with Crippen LogP contribution in [0.2, 0.25) is 0 Å². The van der Waals surface area contributed by atoms with Gasteiger partial charge in [-0.3, -0.25) is 0 Å². The molecule has 0 saturated carbocycles. The minimum absolute atomic E-state index is 0.516. The SMILES string of the molecule is O=C(NC(F)C(F)F)N1CCCC1. The second-order valence-corrected chi connectivity index (χ2v) is 2.88. The maximum absolute atomic E-state index is 12.3. The van der Waals surface area contributed by atoms with Crippen LogP contribution in [0.25, 0.3) is 0 Å². The third-order valence-electron chi connectivity index (χ3n) is 1.88. The van der Waals surface area contributed by atoms with E-state index >= 15 is 0 Å². The van der Waals surface area contributed by atoms with Gasteiger partial charge in [0.05, 0.1) is 0 Å². The summed E-state index contributed by atoms with van der Waals surface area (Å²) in [6, 6.07) is -0.745. The van der Waals surface area contributed by atoms with Crippen molar-refractivity contribution >= 4 is 6.03 Å². The number of nitrogens with one attached hydrogen (secondary N) is 1. The molecule has 1 atom stereocenters. The number of urea groups is 1. The van der Waals surface area contributed by atoms with Crippen LogP contribution in [0.5, 0.6) is 0 Å². The predicted octanol–water partition coefficient (Wildman–Crippen LogP) is 1.35. The number of alkyl halides is 3. The van der Waals surface area contributed by atoms with Crippen molar-refractivity contribution in [2.24, 2.45) is 0 Å². The van der Waals surface area contributed by atoms with Gasteiger partial charge in [-0.1, -0.05) is 0 Å². The molecule has 0 aromatic carbocycles. The zero-order valence-corrected chi connectivity index (χ0v) is 6.97. The number of hydrogen-bond donors (Lipinski definition) is 1. The van der Waals surface area contributed by atoms with Crippen LogP contribution in [0.3, 0.4) is 0 Å². The molecule has 1 aliphatic rings. The molecular weight excluding hydrogens is 185 g/mol. The molecule has 0 bridgehead atoms. The summed E-state index contributed by atoms with van der Waals surface area (Å²) in [5.74, 6) is 0. The summed E-state index contributed by atoms with van der Waals surface area (Å²) in [6.07, 6.45) is -4.03. The van der Waals surface area contributed by atoms with Crippen LogP contribution >= 0.6 is 0 Å². The lowest BCUT2D eigenvalue weighted by Crippen LogP contribution is -2.44. The molecule has 6 heteroatoms. The molecule has 0 spiro atoms. The first kappa shape index (κ1) is 10.1. The Morgan fingerprint density at radius 3 is 2.23 bits per heavy atom. The second-order valence-electron chi connectivity index (χ2n) is 2.88. The number of carbonyl (C=O) groups excluding carboxylic acids is 1. The molecule has 1 rings (SSSR count). The Balaban J connectivity index is 2.31. The number of likely N-dealkylation sites (tertiary alicyclic amines) is 1. The third kappa shape index (κ3) is 2.78. The van der Waals surface area contributed by atoms with Gasteiger partial charge in [0.25, 0.3) is 6.43 Å². The minimum atomic E-state index is -3.16. The van der Waals surface area contributed by atoms with Crippen molar-refractivity contribution in [3.63, 3.8) is 0 Å². The van der Waals surface area contributed by atoms with Crippen LogP contribution in [0.1, 0.15) is 12.8 Å². The molecule has 1 unspecified atom stereocenters. The van der Waals surface area contributed by atoms with Crippen molar-refractivity contribution in [3.05, 3.63) is 0 Å². The van der Waals surface area contributed by atoms with Gasteiger partial charge in [-0.05, 0) is 12.8 Å². The lowest BCUT2D eigenvalue weighted by molar-refractivity contribution is 0.0341. The molecule has 0 radical (unpaired) electrons. The van der Waals surface area contributed by atoms with Gasteiger partial charge in [0.2, 0.25) is 6.30 Å². The topological polar surface area (TPSA) is 32.3 Å². The van der Waals surface area contributed by atoms with Gasteiger partial charge in [0.15, 0.2) is 0 Å². The number of carbonyl (C=O) groups is 1. The molecule has 1 N–H and O–H groups in total. The first-order valence-corrected chi connectivity index (χ1v) is 4.09. The van der Waals surface area contributed by atoms with Crippen LogP contribution in [0.15, 0.2) is 0 Å². The summed E-state index contributed by atoms with van der Waals surface area (Å²) in [5.41, 5.74) is 0. The van der Waals surface area contributed by atoms with E-state index in [1.165, 1.54) is 4.90 Å². The monoisotopic (exact) mass is 196 g/mol. The summed E-state index contributed by atoms with van der Waals surface area (Å²) in [4.78, 5) is 12.3. The second kappa shape index (κ2) is 4.34. The fraction of sp³-hybridized carbons (Fsp3) is 0.857.